The lowest BCUT2D eigenvalue weighted by atomic mass is 9.84. The van der Waals surface area contributed by atoms with E-state index in [9.17, 15) is 0 Å². The molecule has 0 aliphatic heterocycles. The van der Waals surface area contributed by atoms with Crippen LogP contribution < -0.4 is 0 Å². The first kappa shape index (κ1) is 36.0. The summed E-state index contributed by atoms with van der Waals surface area (Å²) in [6, 6.07) is 74.4. The number of hydrogen-bond donors (Lipinski definition) is 0. The van der Waals surface area contributed by atoms with Crippen LogP contribution in [-0.4, -0.2) is 23.7 Å². The number of aromatic nitrogens is 5. The predicted molar refractivity (Wildman–Crippen MR) is 270 cm³/mol. The highest BCUT2D eigenvalue weighted by Crippen LogP contribution is 2.45. The normalized spacial score (nSPS) is 13.9. The minimum Gasteiger partial charge on any atom is -0.313 e. The molecular formula is C60H39N5. The van der Waals surface area contributed by atoms with Crippen molar-refractivity contribution in [1.82, 2.24) is 23.7 Å². The van der Waals surface area contributed by atoms with Crippen LogP contribution in [-0.2, 0) is 6.42 Å². The average Bonchev–Trinajstić information content (AvgIpc) is 4.01. The first-order valence-electron chi connectivity index (χ1n) is 22.4. The summed E-state index contributed by atoms with van der Waals surface area (Å²) in [5.74, 6) is 0.821. The molecule has 0 bridgehead atoms. The molecule has 304 valence electrons. The van der Waals surface area contributed by atoms with E-state index in [-0.39, 0.29) is 5.92 Å². The molecule has 1 aliphatic carbocycles. The summed E-state index contributed by atoms with van der Waals surface area (Å²) in [7, 11) is 0. The third kappa shape index (κ3) is 5.33. The minimum absolute atomic E-state index is 0.164. The fourth-order valence-corrected chi connectivity index (χ4v) is 11.0. The van der Waals surface area contributed by atoms with Crippen LogP contribution in [0.4, 0.5) is 0 Å². The van der Waals surface area contributed by atoms with Gasteiger partial charge in [-0.2, -0.15) is 0 Å². The zero-order valence-corrected chi connectivity index (χ0v) is 35.3. The Bertz CT molecular complexity index is 4090. The van der Waals surface area contributed by atoms with Gasteiger partial charge in [0.2, 0.25) is 5.95 Å². The van der Waals surface area contributed by atoms with E-state index in [1.165, 1.54) is 71.2 Å². The van der Waals surface area contributed by atoms with Gasteiger partial charge in [0.25, 0.3) is 0 Å². The van der Waals surface area contributed by atoms with Crippen molar-refractivity contribution in [2.24, 2.45) is 0 Å². The quantitative estimate of drug-likeness (QED) is 0.173. The lowest BCUT2D eigenvalue weighted by Crippen LogP contribution is -2.10. The third-order valence-electron chi connectivity index (χ3n) is 13.8. The Hall–Kier alpha value is -8.54. The molecule has 0 saturated carbocycles. The largest absolute Gasteiger partial charge is 0.313 e. The summed E-state index contributed by atoms with van der Waals surface area (Å²) in [5, 5.41) is 9.52. The second kappa shape index (κ2) is 14.0. The second-order valence-corrected chi connectivity index (χ2v) is 17.3. The van der Waals surface area contributed by atoms with E-state index in [0.717, 1.165) is 50.8 Å². The Morgan fingerprint density at radius 2 is 0.954 bits per heavy atom. The van der Waals surface area contributed by atoms with Gasteiger partial charge in [-0.05, 0) is 84.1 Å². The van der Waals surface area contributed by atoms with Gasteiger partial charge in [-0.3, -0.25) is 4.57 Å². The molecule has 0 fully saturated rings. The van der Waals surface area contributed by atoms with E-state index < -0.39 is 0 Å². The standard InChI is InChI=1S/C60H39N5/c1-3-17-40(18-4-1)63-54-29-15-11-23-44(54)50-35-39(32-34-56(50)63)58-48-26-9-13-27-52(48)61-60(62-58)65-55-30-16-12-24-45(55)51-37-49(42-21-7-8-25-47(42)59(51)65)38-31-33-46-43-22-10-14-28-53(43)64(57(46)36-38)41-19-5-2-6-20-41/h1-35,37-38H,36H2. The molecule has 1 aliphatic rings. The molecule has 0 amide bonds. The molecule has 9 aromatic carbocycles. The molecular weight excluding hydrogens is 791 g/mol. The number of nitrogens with zero attached hydrogens (tertiary/aromatic N) is 5. The SMILES string of the molecule is C1=CC(c2cc3c4ccccc4n(-c4nc(-c5ccc6c(c5)c5ccccc5n6-c5ccccc5)c5ccccc5n4)c3c3ccccc23)Cc2c1c1ccccc1n2-c1ccccc1. The van der Waals surface area contributed by atoms with E-state index in [1.807, 2.05) is 0 Å². The number of rotatable bonds is 5. The predicted octanol–water partition coefficient (Wildman–Crippen LogP) is 14.9. The molecule has 4 heterocycles. The zero-order valence-electron chi connectivity index (χ0n) is 35.3. The van der Waals surface area contributed by atoms with Crippen LogP contribution >= 0.6 is 0 Å². The minimum atomic E-state index is 0.164. The van der Waals surface area contributed by atoms with Crippen molar-refractivity contribution in [1.29, 1.82) is 0 Å². The zero-order chi connectivity index (χ0) is 42.6. The lowest BCUT2D eigenvalue weighted by Gasteiger charge is -2.23. The van der Waals surface area contributed by atoms with E-state index in [4.69, 9.17) is 9.97 Å². The van der Waals surface area contributed by atoms with Gasteiger partial charge in [0.05, 0.1) is 38.8 Å². The first-order chi connectivity index (χ1) is 32.3. The molecule has 4 aromatic heterocycles. The maximum absolute atomic E-state index is 5.60. The van der Waals surface area contributed by atoms with Gasteiger partial charge in [-0.1, -0.05) is 152 Å². The summed E-state index contributed by atoms with van der Waals surface area (Å²) >= 11 is 0. The van der Waals surface area contributed by atoms with Crippen molar-refractivity contribution in [3.05, 3.63) is 229 Å². The summed E-state index contributed by atoms with van der Waals surface area (Å²) < 4.78 is 7.15. The number of hydrogen-bond acceptors (Lipinski definition) is 2. The van der Waals surface area contributed by atoms with Crippen LogP contribution in [0.2, 0.25) is 0 Å². The van der Waals surface area contributed by atoms with Crippen LogP contribution in [0.1, 0.15) is 22.7 Å². The van der Waals surface area contributed by atoms with Crippen molar-refractivity contribution in [3.8, 4) is 28.6 Å². The molecule has 0 saturated heterocycles. The summed E-state index contributed by atoms with van der Waals surface area (Å²) in [4.78, 5) is 11.0. The van der Waals surface area contributed by atoms with E-state index in [0.29, 0.717) is 5.95 Å². The summed E-state index contributed by atoms with van der Waals surface area (Å²) in [6.07, 6.45) is 5.69. The van der Waals surface area contributed by atoms with Crippen LogP contribution in [0.25, 0.3) is 111 Å². The molecule has 5 nitrogen and oxygen atoms in total. The number of allylic oxidation sites excluding steroid dienone is 1. The third-order valence-corrected chi connectivity index (χ3v) is 13.8. The fourth-order valence-electron chi connectivity index (χ4n) is 11.0. The number of benzene rings is 9. The first-order valence-corrected chi connectivity index (χ1v) is 22.4. The van der Waals surface area contributed by atoms with Crippen molar-refractivity contribution >= 4 is 82.3 Å². The molecule has 5 heteroatoms. The maximum atomic E-state index is 5.60. The van der Waals surface area contributed by atoms with Gasteiger partial charge in [-0.15, -0.1) is 0 Å². The second-order valence-electron chi connectivity index (χ2n) is 17.3. The van der Waals surface area contributed by atoms with Gasteiger partial charge in [0.15, 0.2) is 0 Å². The Kier molecular flexibility index (Phi) is 7.74. The van der Waals surface area contributed by atoms with Gasteiger partial charge in [0, 0.05) is 71.8 Å². The Morgan fingerprint density at radius 1 is 0.400 bits per heavy atom. The van der Waals surface area contributed by atoms with E-state index in [2.05, 4.69) is 232 Å². The highest BCUT2D eigenvalue weighted by Gasteiger charge is 2.27. The van der Waals surface area contributed by atoms with Crippen molar-refractivity contribution in [2.75, 3.05) is 0 Å². The average molecular weight is 830 g/mol. The maximum Gasteiger partial charge on any atom is 0.235 e. The number of fused-ring (bicyclic) bond motifs is 12. The van der Waals surface area contributed by atoms with Gasteiger partial charge >= 0.3 is 0 Å². The molecule has 65 heavy (non-hydrogen) atoms. The van der Waals surface area contributed by atoms with Crippen molar-refractivity contribution in [2.45, 2.75) is 12.3 Å². The molecule has 13 aromatic rings. The molecule has 1 atom stereocenters. The van der Waals surface area contributed by atoms with Crippen LogP contribution in [0.5, 0.6) is 0 Å². The van der Waals surface area contributed by atoms with Crippen molar-refractivity contribution < 1.29 is 0 Å². The molecule has 1 unspecified atom stereocenters. The topological polar surface area (TPSA) is 40.6 Å². The van der Waals surface area contributed by atoms with Crippen molar-refractivity contribution in [3.63, 3.8) is 0 Å². The molecule has 0 N–H and O–H groups in total. The van der Waals surface area contributed by atoms with Crippen LogP contribution in [0, 0.1) is 0 Å². The Labute approximate surface area is 374 Å². The lowest BCUT2D eigenvalue weighted by molar-refractivity contribution is 0.789. The molecule has 14 rings (SSSR count). The van der Waals surface area contributed by atoms with Gasteiger partial charge < -0.3 is 9.13 Å². The molecule has 0 spiro atoms. The Morgan fingerprint density at radius 3 is 1.69 bits per heavy atom. The smallest absolute Gasteiger partial charge is 0.235 e. The monoisotopic (exact) mass is 829 g/mol. The van der Waals surface area contributed by atoms with Crippen LogP contribution in [0.15, 0.2) is 212 Å². The van der Waals surface area contributed by atoms with Gasteiger partial charge in [-0.25, -0.2) is 9.97 Å². The Balaban J connectivity index is 0.981. The highest BCUT2D eigenvalue weighted by atomic mass is 15.2. The summed E-state index contributed by atoms with van der Waals surface area (Å²) in [5.41, 5.74) is 15.0. The fraction of sp³-hybridized carbons (Fsp3) is 0.0333. The van der Waals surface area contributed by atoms with Crippen LogP contribution in [0.3, 0.4) is 0 Å². The summed E-state index contributed by atoms with van der Waals surface area (Å²) in [6.45, 7) is 0. The van der Waals surface area contributed by atoms with E-state index >= 15 is 0 Å². The number of para-hydroxylation sites is 6. The van der Waals surface area contributed by atoms with E-state index in [1.54, 1.807) is 0 Å². The highest BCUT2D eigenvalue weighted by molar-refractivity contribution is 6.20. The van der Waals surface area contributed by atoms with Gasteiger partial charge in [0.1, 0.15) is 0 Å². The molecule has 0 radical (unpaired) electrons.